The number of fused-ring (bicyclic) bond motifs is 1. The topological polar surface area (TPSA) is 25.8 Å². The van der Waals surface area contributed by atoms with Crippen LogP contribution in [0.1, 0.15) is 6.93 Å². The molecule has 2 aromatic rings. The van der Waals surface area contributed by atoms with Gasteiger partial charge in [0.05, 0.1) is 12.5 Å². The summed E-state index contributed by atoms with van der Waals surface area (Å²) < 4.78 is 44.4. The highest BCUT2D eigenvalue weighted by Gasteiger charge is 2.30. The van der Waals surface area contributed by atoms with Gasteiger partial charge >= 0.3 is 6.18 Å². The maximum atomic E-state index is 12.3. The molecule has 2 nitrogen and oxygen atoms in total. The van der Waals surface area contributed by atoms with Crippen LogP contribution < -0.4 is 0 Å². The lowest BCUT2D eigenvalue weighted by Gasteiger charge is -2.06. The van der Waals surface area contributed by atoms with E-state index >= 15 is 0 Å². The molecule has 0 fully saturated rings. The minimum Gasteiger partial charge on any atom is -0.244 e. The molecule has 1 heterocycles. The summed E-state index contributed by atoms with van der Waals surface area (Å²) in [6.45, 7) is 0. The fourth-order valence-electron chi connectivity index (χ4n) is 1.10. The zero-order valence-corrected chi connectivity index (χ0v) is 6.84. The summed E-state index contributed by atoms with van der Waals surface area (Å²) in [4.78, 5) is 7.29. The van der Waals surface area contributed by atoms with Crippen molar-refractivity contribution in [1.29, 1.82) is 0 Å². The number of hydrogen-bond donors (Lipinski definition) is 0. The lowest BCUT2D eigenvalue weighted by molar-refractivity contribution is -0.137. The Labute approximate surface area is 78.8 Å². The van der Waals surface area contributed by atoms with E-state index in [0.29, 0.717) is 5.52 Å². The molecule has 0 aliphatic heterocycles. The van der Waals surface area contributed by atoms with Gasteiger partial charge < -0.3 is 0 Å². The standard InChI is InChI=1S/C9H5F3N2/c10-9(11,12)7-1-2-8-6(3-7)4-13-5-14-8/h1-5H/i4D. The normalized spacial score (nSPS) is 12.9. The van der Waals surface area contributed by atoms with Crippen LogP contribution in [-0.2, 0) is 6.18 Å². The molecule has 5 heteroatoms. The molecule has 0 N–H and O–H groups in total. The second-order valence-electron chi connectivity index (χ2n) is 2.72. The molecular weight excluding hydrogens is 193 g/mol. The third kappa shape index (κ3) is 1.53. The summed E-state index contributed by atoms with van der Waals surface area (Å²) in [6.07, 6.45) is -3.46. The Hall–Kier alpha value is -1.65. The summed E-state index contributed by atoms with van der Waals surface area (Å²) in [5.41, 5.74) is -0.457. The zero-order chi connectivity index (χ0) is 11.1. The molecular formula is C9H5F3N2. The van der Waals surface area contributed by atoms with E-state index in [1.54, 1.807) is 0 Å². The van der Waals surface area contributed by atoms with E-state index in [4.69, 9.17) is 1.37 Å². The van der Waals surface area contributed by atoms with Gasteiger partial charge in [-0.05, 0) is 18.2 Å². The first-order chi connectivity index (χ1) is 6.98. The summed E-state index contributed by atoms with van der Waals surface area (Å²) in [5.74, 6) is 0. The minimum absolute atomic E-state index is 0.104. The highest BCUT2D eigenvalue weighted by atomic mass is 19.4. The lowest BCUT2D eigenvalue weighted by Crippen LogP contribution is -2.04. The summed E-state index contributed by atoms with van der Waals surface area (Å²) in [6, 6.07) is 3.06. The van der Waals surface area contributed by atoms with Crippen molar-refractivity contribution in [1.82, 2.24) is 9.97 Å². The Kier molecular flexibility index (Phi) is 1.62. The molecule has 0 atom stereocenters. The molecule has 0 aliphatic rings. The molecule has 0 amide bonds. The first-order valence-corrected chi connectivity index (χ1v) is 3.77. The minimum atomic E-state index is -4.41. The average Bonchev–Trinajstić information content (AvgIpc) is 2.16. The predicted molar refractivity (Wildman–Crippen MR) is 44.5 cm³/mol. The van der Waals surface area contributed by atoms with Crippen LogP contribution in [0.3, 0.4) is 0 Å². The number of aromatic nitrogens is 2. The van der Waals surface area contributed by atoms with Gasteiger partial charge in [-0.3, -0.25) is 0 Å². The van der Waals surface area contributed by atoms with Gasteiger partial charge in [0.2, 0.25) is 0 Å². The molecule has 14 heavy (non-hydrogen) atoms. The van der Waals surface area contributed by atoms with E-state index in [1.165, 1.54) is 6.07 Å². The Morgan fingerprint density at radius 2 is 2.07 bits per heavy atom. The van der Waals surface area contributed by atoms with E-state index in [-0.39, 0.29) is 11.6 Å². The highest BCUT2D eigenvalue weighted by molar-refractivity contribution is 5.78. The molecule has 0 aliphatic carbocycles. The quantitative estimate of drug-likeness (QED) is 0.651. The van der Waals surface area contributed by atoms with Crippen LogP contribution >= 0.6 is 0 Å². The predicted octanol–water partition coefficient (Wildman–Crippen LogP) is 2.65. The van der Waals surface area contributed by atoms with Gasteiger partial charge in [-0.2, -0.15) is 13.2 Å². The second kappa shape index (κ2) is 2.94. The first kappa shape index (κ1) is 7.73. The van der Waals surface area contributed by atoms with Gasteiger partial charge in [-0.25, -0.2) is 9.97 Å². The molecule has 0 unspecified atom stereocenters. The monoisotopic (exact) mass is 199 g/mol. The summed E-state index contributed by atoms with van der Waals surface area (Å²) in [5, 5.41) is 0.104. The van der Waals surface area contributed by atoms with E-state index in [2.05, 4.69) is 9.97 Å². The number of alkyl halides is 3. The van der Waals surface area contributed by atoms with Gasteiger partial charge in [0, 0.05) is 11.6 Å². The summed E-state index contributed by atoms with van der Waals surface area (Å²) in [7, 11) is 0. The Bertz CT molecular complexity index is 510. The van der Waals surface area contributed by atoms with Crippen LogP contribution in [0.2, 0.25) is 0 Å². The summed E-state index contributed by atoms with van der Waals surface area (Å²) >= 11 is 0. The van der Waals surface area contributed by atoms with E-state index in [1.807, 2.05) is 0 Å². The van der Waals surface area contributed by atoms with Gasteiger partial charge in [0.25, 0.3) is 0 Å². The Balaban J connectivity index is 2.70. The van der Waals surface area contributed by atoms with E-state index in [0.717, 1.165) is 18.5 Å². The number of hydrogen-bond acceptors (Lipinski definition) is 2. The van der Waals surface area contributed by atoms with Crippen molar-refractivity contribution in [3.8, 4) is 0 Å². The molecule has 0 saturated carbocycles. The maximum absolute atomic E-state index is 12.3. The van der Waals surface area contributed by atoms with Gasteiger partial charge in [-0.15, -0.1) is 0 Å². The van der Waals surface area contributed by atoms with Gasteiger partial charge in [-0.1, -0.05) is 0 Å². The van der Waals surface area contributed by atoms with Crippen LogP contribution in [0.15, 0.2) is 30.7 Å². The highest BCUT2D eigenvalue weighted by Crippen LogP contribution is 2.30. The van der Waals surface area contributed by atoms with Gasteiger partial charge in [0.1, 0.15) is 6.33 Å². The van der Waals surface area contributed by atoms with Crippen molar-refractivity contribution >= 4 is 10.9 Å². The second-order valence-corrected chi connectivity index (χ2v) is 2.72. The van der Waals surface area contributed by atoms with Crippen LogP contribution in [0.25, 0.3) is 10.9 Å². The first-order valence-electron chi connectivity index (χ1n) is 4.27. The molecule has 0 bridgehead atoms. The Morgan fingerprint density at radius 3 is 2.79 bits per heavy atom. The van der Waals surface area contributed by atoms with Gasteiger partial charge in [0.15, 0.2) is 0 Å². The smallest absolute Gasteiger partial charge is 0.244 e. The van der Waals surface area contributed by atoms with Crippen LogP contribution in [0, 0.1) is 0 Å². The van der Waals surface area contributed by atoms with E-state index < -0.39 is 11.7 Å². The fraction of sp³-hybridized carbons (Fsp3) is 0.111. The molecule has 72 valence electrons. The van der Waals surface area contributed by atoms with Crippen LogP contribution in [0.4, 0.5) is 13.2 Å². The van der Waals surface area contributed by atoms with Crippen molar-refractivity contribution < 1.29 is 14.5 Å². The zero-order valence-electron chi connectivity index (χ0n) is 7.84. The molecule has 0 radical (unpaired) electrons. The third-order valence-electron chi connectivity index (χ3n) is 1.76. The Morgan fingerprint density at radius 1 is 1.29 bits per heavy atom. The fourth-order valence-corrected chi connectivity index (χ4v) is 1.10. The SMILES string of the molecule is [2H]c1ncnc2ccc(C(F)(F)F)cc12. The van der Waals surface area contributed by atoms with Crippen molar-refractivity contribution in [2.24, 2.45) is 0 Å². The number of benzene rings is 1. The number of rotatable bonds is 0. The average molecular weight is 199 g/mol. The molecule has 1 aromatic heterocycles. The molecule has 0 saturated heterocycles. The van der Waals surface area contributed by atoms with Crippen LogP contribution in [-0.4, -0.2) is 9.97 Å². The molecule has 1 aromatic carbocycles. The lowest BCUT2D eigenvalue weighted by atomic mass is 10.1. The number of nitrogens with zero attached hydrogens (tertiary/aromatic N) is 2. The maximum Gasteiger partial charge on any atom is 0.416 e. The van der Waals surface area contributed by atoms with Crippen LogP contribution in [0.5, 0.6) is 0 Å². The van der Waals surface area contributed by atoms with Crippen molar-refractivity contribution in [2.45, 2.75) is 6.18 Å². The van der Waals surface area contributed by atoms with Crippen molar-refractivity contribution in [2.75, 3.05) is 0 Å². The van der Waals surface area contributed by atoms with Crippen molar-refractivity contribution in [3.05, 3.63) is 36.3 Å². The number of halogens is 3. The molecule has 2 rings (SSSR count). The largest absolute Gasteiger partial charge is 0.416 e. The molecule has 0 spiro atoms. The van der Waals surface area contributed by atoms with Crippen molar-refractivity contribution in [3.63, 3.8) is 0 Å². The van der Waals surface area contributed by atoms with E-state index in [9.17, 15) is 13.2 Å². The third-order valence-corrected chi connectivity index (χ3v) is 1.76.